The van der Waals surface area contributed by atoms with Crippen LogP contribution in [-0.2, 0) is 0 Å². The molecule has 2 unspecified atom stereocenters. The van der Waals surface area contributed by atoms with Crippen molar-refractivity contribution in [3.63, 3.8) is 0 Å². The van der Waals surface area contributed by atoms with E-state index < -0.39 is 0 Å². The molecule has 0 amide bonds. The van der Waals surface area contributed by atoms with Crippen LogP contribution in [0, 0.1) is 11.3 Å². The summed E-state index contributed by atoms with van der Waals surface area (Å²) < 4.78 is 10.8. The maximum atomic E-state index is 5.41. The summed E-state index contributed by atoms with van der Waals surface area (Å²) in [5.74, 6) is 2.10. The van der Waals surface area contributed by atoms with Crippen molar-refractivity contribution < 1.29 is 9.47 Å². The number of piperidine rings is 2. The lowest BCUT2D eigenvalue weighted by Gasteiger charge is -2.48. The molecular formula is C18H22N4O2. The molecule has 24 heavy (non-hydrogen) atoms. The first kappa shape index (κ1) is 14.4. The first-order valence-electron chi connectivity index (χ1n) is 8.65. The lowest BCUT2D eigenvalue weighted by molar-refractivity contribution is 0.130. The van der Waals surface area contributed by atoms with Gasteiger partial charge in [-0.25, -0.2) is 0 Å². The van der Waals surface area contributed by atoms with E-state index in [0.717, 1.165) is 43.2 Å². The molecular weight excluding hydrogens is 304 g/mol. The van der Waals surface area contributed by atoms with E-state index in [1.807, 2.05) is 24.4 Å². The Balaban J connectivity index is 1.40. The van der Waals surface area contributed by atoms with Gasteiger partial charge in [0, 0.05) is 50.6 Å². The molecule has 0 spiro atoms. The van der Waals surface area contributed by atoms with Crippen LogP contribution < -0.4 is 9.47 Å². The second-order valence-electron chi connectivity index (χ2n) is 7.57. The van der Waals surface area contributed by atoms with Gasteiger partial charge in [-0.1, -0.05) is 6.92 Å². The summed E-state index contributed by atoms with van der Waals surface area (Å²) in [5, 5.41) is 9.10. The average Bonchev–Trinajstić information content (AvgIpc) is 2.89. The Bertz CT molecular complexity index is 714. The average molecular weight is 326 g/mol. The van der Waals surface area contributed by atoms with Crippen LogP contribution in [0.15, 0.2) is 28.4 Å². The summed E-state index contributed by atoms with van der Waals surface area (Å²) in [6.45, 7) is 9.51. The molecule has 4 saturated heterocycles. The largest absolute Gasteiger partial charge is 0.454 e. The highest BCUT2D eigenvalue weighted by Gasteiger charge is 2.49. The maximum absolute atomic E-state index is 5.41. The molecule has 5 aliphatic heterocycles. The number of rotatable bonds is 2. The molecule has 4 bridgehead atoms. The maximum Gasteiger partial charge on any atom is 0.231 e. The van der Waals surface area contributed by atoms with Crippen molar-refractivity contribution in [2.45, 2.75) is 6.92 Å². The van der Waals surface area contributed by atoms with Gasteiger partial charge in [-0.3, -0.25) is 0 Å². The molecule has 1 aromatic rings. The highest BCUT2D eigenvalue weighted by Crippen LogP contribution is 2.38. The third-order valence-electron chi connectivity index (χ3n) is 5.61. The fraction of sp³-hybridized carbons (Fsp3) is 0.556. The van der Waals surface area contributed by atoms with Crippen molar-refractivity contribution in [3.05, 3.63) is 23.8 Å². The van der Waals surface area contributed by atoms with Crippen molar-refractivity contribution >= 4 is 11.9 Å². The van der Waals surface area contributed by atoms with E-state index in [2.05, 4.69) is 26.9 Å². The molecule has 2 atom stereocenters. The van der Waals surface area contributed by atoms with Crippen LogP contribution in [0.25, 0.3) is 0 Å². The molecule has 0 N–H and O–H groups in total. The summed E-state index contributed by atoms with van der Waals surface area (Å²) in [6.07, 6.45) is 1.82. The minimum absolute atomic E-state index is 0.143. The van der Waals surface area contributed by atoms with Gasteiger partial charge >= 0.3 is 0 Å². The van der Waals surface area contributed by atoms with E-state index in [1.165, 1.54) is 18.8 Å². The topological polar surface area (TPSA) is 49.7 Å². The quantitative estimate of drug-likeness (QED) is 0.610. The second kappa shape index (κ2) is 5.29. The Morgan fingerprint density at radius 3 is 2.62 bits per heavy atom. The van der Waals surface area contributed by atoms with Gasteiger partial charge in [0.05, 0.1) is 11.9 Å². The summed E-state index contributed by atoms with van der Waals surface area (Å²) in [6, 6.07) is 5.86. The number of benzene rings is 1. The minimum Gasteiger partial charge on any atom is -0.454 e. The number of hydrogen-bond donors (Lipinski definition) is 0. The normalized spacial score (nSPS) is 38.2. The van der Waals surface area contributed by atoms with Gasteiger partial charge < -0.3 is 19.3 Å². The molecule has 6 nitrogen and oxygen atoms in total. The SMILES string of the molecule is CC12CN3CCN(CC(C3)/C1=N/N=C\c1ccc3c(c1)OCO3)C2. The van der Waals surface area contributed by atoms with Gasteiger partial charge in [0.2, 0.25) is 6.79 Å². The van der Waals surface area contributed by atoms with E-state index in [1.54, 1.807) is 0 Å². The Morgan fingerprint density at radius 2 is 1.88 bits per heavy atom. The van der Waals surface area contributed by atoms with Crippen LogP contribution in [0.5, 0.6) is 11.5 Å². The van der Waals surface area contributed by atoms with E-state index in [9.17, 15) is 0 Å². The molecule has 6 rings (SSSR count). The van der Waals surface area contributed by atoms with E-state index in [0.29, 0.717) is 12.7 Å². The molecule has 0 radical (unpaired) electrons. The molecule has 6 heteroatoms. The van der Waals surface area contributed by atoms with Crippen LogP contribution in [0.3, 0.4) is 0 Å². The van der Waals surface area contributed by atoms with Gasteiger partial charge in [0.1, 0.15) is 0 Å². The zero-order chi connectivity index (χ0) is 16.1. The van der Waals surface area contributed by atoms with Gasteiger partial charge in [0.15, 0.2) is 11.5 Å². The van der Waals surface area contributed by atoms with E-state index in [-0.39, 0.29) is 5.41 Å². The molecule has 0 saturated carbocycles. The Hall–Kier alpha value is -1.92. The summed E-state index contributed by atoms with van der Waals surface area (Å²) >= 11 is 0. The smallest absolute Gasteiger partial charge is 0.231 e. The highest BCUT2D eigenvalue weighted by molar-refractivity contribution is 5.95. The predicted molar refractivity (Wildman–Crippen MR) is 92.1 cm³/mol. The molecule has 0 aliphatic carbocycles. The minimum atomic E-state index is 0.143. The fourth-order valence-corrected chi connectivity index (χ4v) is 4.65. The van der Waals surface area contributed by atoms with Crippen molar-refractivity contribution in [3.8, 4) is 11.5 Å². The third-order valence-corrected chi connectivity index (χ3v) is 5.61. The van der Waals surface area contributed by atoms with Crippen LogP contribution in [-0.4, -0.2) is 67.8 Å². The number of nitrogens with zero attached hydrogens (tertiary/aromatic N) is 4. The van der Waals surface area contributed by atoms with E-state index in [4.69, 9.17) is 9.47 Å². The molecule has 0 aromatic heterocycles. The number of fused-ring (bicyclic) bond motifs is 2. The Kier molecular flexibility index (Phi) is 3.18. The predicted octanol–water partition coefficient (Wildman–Crippen LogP) is 1.46. The zero-order valence-electron chi connectivity index (χ0n) is 13.9. The summed E-state index contributed by atoms with van der Waals surface area (Å²) in [7, 11) is 0. The van der Waals surface area contributed by atoms with Crippen LogP contribution in [0.4, 0.5) is 0 Å². The fourth-order valence-electron chi connectivity index (χ4n) is 4.65. The second-order valence-corrected chi connectivity index (χ2v) is 7.57. The van der Waals surface area contributed by atoms with Crippen molar-refractivity contribution in [1.29, 1.82) is 0 Å². The molecule has 5 aliphatic rings. The van der Waals surface area contributed by atoms with Gasteiger partial charge in [-0.05, 0) is 23.8 Å². The first-order chi connectivity index (χ1) is 11.7. The van der Waals surface area contributed by atoms with Gasteiger partial charge in [-0.15, -0.1) is 0 Å². The third kappa shape index (κ3) is 2.32. The van der Waals surface area contributed by atoms with Gasteiger partial charge in [0.25, 0.3) is 0 Å². The van der Waals surface area contributed by atoms with E-state index >= 15 is 0 Å². The standard InChI is InChI=1S/C18H22N4O2/c1-18-10-21-4-5-22(11-18)9-14(8-21)17(18)20-19-7-13-2-3-15-16(6-13)24-12-23-15/h2-3,6-7,14H,4-5,8-12H2,1H3/b19-7-,20-17-. The first-order valence-corrected chi connectivity index (χ1v) is 8.65. The summed E-state index contributed by atoms with van der Waals surface area (Å²) in [4.78, 5) is 5.19. The lowest BCUT2D eigenvalue weighted by atomic mass is 9.72. The Labute approximate surface area is 141 Å². The highest BCUT2D eigenvalue weighted by atomic mass is 16.7. The number of hydrogen-bond acceptors (Lipinski definition) is 6. The molecule has 126 valence electrons. The van der Waals surface area contributed by atoms with Crippen LogP contribution >= 0.6 is 0 Å². The van der Waals surface area contributed by atoms with Crippen LogP contribution in [0.1, 0.15) is 12.5 Å². The Morgan fingerprint density at radius 1 is 1.12 bits per heavy atom. The van der Waals surface area contributed by atoms with Crippen molar-refractivity contribution in [1.82, 2.24) is 9.80 Å². The zero-order valence-corrected chi connectivity index (χ0v) is 13.9. The summed E-state index contributed by atoms with van der Waals surface area (Å²) in [5.41, 5.74) is 2.42. The lowest BCUT2D eigenvalue weighted by Crippen LogP contribution is -2.59. The van der Waals surface area contributed by atoms with Gasteiger partial charge in [-0.2, -0.15) is 10.2 Å². The monoisotopic (exact) mass is 326 g/mol. The molecule has 1 aromatic carbocycles. The molecule has 5 heterocycles. The van der Waals surface area contributed by atoms with Crippen molar-refractivity contribution in [2.75, 3.05) is 46.1 Å². The molecule has 4 fully saturated rings. The number of ether oxygens (including phenoxy) is 2. The van der Waals surface area contributed by atoms with Crippen LogP contribution in [0.2, 0.25) is 0 Å². The van der Waals surface area contributed by atoms with Crippen molar-refractivity contribution in [2.24, 2.45) is 21.5 Å².